The summed E-state index contributed by atoms with van der Waals surface area (Å²) < 4.78 is 19.5. The fourth-order valence-electron chi connectivity index (χ4n) is 3.27. The highest BCUT2D eigenvalue weighted by molar-refractivity contribution is 7.14. The van der Waals surface area contributed by atoms with Crippen molar-refractivity contribution in [2.24, 2.45) is 0 Å². The molecule has 0 aliphatic carbocycles. The van der Waals surface area contributed by atoms with E-state index in [9.17, 15) is 14.0 Å². The molecule has 4 rings (SSSR count). The minimum absolute atomic E-state index is 0.162. The van der Waals surface area contributed by atoms with Crippen molar-refractivity contribution in [1.82, 2.24) is 15.2 Å². The van der Waals surface area contributed by atoms with E-state index in [2.05, 4.69) is 15.6 Å². The van der Waals surface area contributed by atoms with Gasteiger partial charge in [-0.05, 0) is 30.3 Å². The number of halogens is 1. The van der Waals surface area contributed by atoms with Gasteiger partial charge in [0.2, 0.25) is 5.91 Å². The molecule has 2 heterocycles. The Hall–Kier alpha value is -3.46. The summed E-state index contributed by atoms with van der Waals surface area (Å²) in [6.45, 7) is 0.568. The Bertz CT molecular complexity index is 1070. The quantitative estimate of drug-likeness (QED) is 0.654. The van der Waals surface area contributed by atoms with Crippen molar-refractivity contribution >= 4 is 34.0 Å². The average molecular weight is 426 g/mol. The Balaban J connectivity index is 1.55. The van der Waals surface area contributed by atoms with Gasteiger partial charge in [-0.2, -0.15) is 0 Å². The number of carbonyl (C=O) groups is 2. The van der Waals surface area contributed by atoms with E-state index in [0.717, 1.165) is 11.4 Å². The minimum atomic E-state index is -1.04. The third-order valence-corrected chi connectivity index (χ3v) is 5.49. The number of hydrogen-bond donors (Lipinski definition) is 2. The highest BCUT2D eigenvalue weighted by Crippen LogP contribution is 2.29. The van der Waals surface area contributed by atoms with Crippen molar-refractivity contribution in [3.05, 3.63) is 71.0 Å². The van der Waals surface area contributed by atoms with Crippen LogP contribution in [0.4, 0.5) is 15.2 Å². The normalized spacial score (nSPS) is 16.1. The Labute approximate surface area is 176 Å². The fraction of sp³-hybridized carbons (Fsp3) is 0.190. The van der Waals surface area contributed by atoms with Crippen molar-refractivity contribution in [2.75, 3.05) is 25.5 Å². The van der Waals surface area contributed by atoms with Gasteiger partial charge in [0, 0.05) is 29.7 Å². The van der Waals surface area contributed by atoms with E-state index in [1.807, 2.05) is 24.3 Å². The van der Waals surface area contributed by atoms with Crippen LogP contribution in [0.5, 0.6) is 5.75 Å². The first-order chi connectivity index (χ1) is 14.6. The van der Waals surface area contributed by atoms with Crippen molar-refractivity contribution in [3.8, 4) is 5.75 Å². The van der Waals surface area contributed by atoms with Crippen LogP contribution in [0.2, 0.25) is 0 Å². The number of thiazole rings is 1. The molecule has 0 saturated carbocycles. The lowest BCUT2D eigenvalue weighted by molar-refractivity contribution is -0.128. The predicted octanol–water partition coefficient (Wildman–Crippen LogP) is 3.35. The number of rotatable bonds is 5. The van der Waals surface area contributed by atoms with E-state index < -0.39 is 23.7 Å². The first-order valence-corrected chi connectivity index (χ1v) is 10.1. The summed E-state index contributed by atoms with van der Waals surface area (Å²) in [6, 6.07) is 12.2. The molecule has 0 spiro atoms. The second kappa shape index (κ2) is 8.50. The second-order valence-electron chi connectivity index (χ2n) is 6.61. The molecule has 2 N–H and O–H groups in total. The van der Waals surface area contributed by atoms with E-state index in [4.69, 9.17) is 4.74 Å². The zero-order chi connectivity index (χ0) is 21.1. The molecule has 1 aliphatic rings. The van der Waals surface area contributed by atoms with Gasteiger partial charge >= 0.3 is 0 Å². The number of benzene rings is 2. The molecule has 2 aromatic carbocycles. The summed E-state index contributed by atoms with van der Waals surface area (Å²) in [4.78, 5) is 31.3. The van der Waals surface area contributed by atoms with Gasteiger partial charge in [-0.15, -0.1) is 11.3 Å². The topological polar surface area (TPSA) is 83.6 Å². The van der Waals surface area contributed by atoms with E-state index >= 15 is 0 Å². The number of hydrogen-bond acceptors (Lipinski definition) is 6. The van der Waals surface area contributed by atoms with Crippen LogP contribution < -0.4 is 15.4 Å². The summed E-state index contributed by atoms with van der Waals surface area (Å²) in [5, 5.41) is 8.00. The number of methoxy groups -OCH3 is 1. The van der Waals surface area contributed by atoms with Crippen LogP contribution >= 0.6 is 11.3 Å². The molecule has 1 aromatic heterocycles. The molecule has 1 saturated heterocycles. The molecule has 0 radical (unpaired) electrons. The van der Waals surface area contributed by atoms with Gasteiger partial charge in [0.05, 0.1) is 7.11 Å². The fourth-order valence-corrected chi connectivity index (χ4v) is 3.97. The lowest BCUT2D eigenvalue weighted by Gasteiger charge is -2.35. The van der Waals surface area contributed by atoms with Crippen molar-refractivity contribution in [3.63, 3.8) is 0 Å². The van der Waals surface area contributed by atoms with E-state index in [1.54, 1.807) is 24.6 Å². The first kappa shape index (κ1) is 19.8. The summed E-state index contributed by atoms with van der Waals surface area (Å²) in [5.74, 6) is -0.626. The van der Waals surface area contributed by atoms with E-state index in [0.29, 0.717) is 11.7 Å². The highest BCUT2D eigenvalue weighted by atomic mass is 32.1. The molecule has 7 nitrogen and oxygen atoms in total. The van der Waals surface area contributed by atoms with Crippen LogP contribution in [0.1, 0.15) is 22.1 Å². The number of aromatic nitrogens is 1. The SMILES string of the molecule is COc1ccc(Nc2nc(C(=O)N3CCNC(=O)C3c3ccccc3F)cs2)cc1. The van der Waals surface area contributed by atoms with Gasteiger partial charge < -0.3 is 20.3 Å². The smallest absolute Gasteiger partial charge is 0.274 e. The maximum Gasteiger partial charge on any atom is 0.274 e. The molecule has 0 bridgehead atoms. The highest BCUT2D eigenvalue weighted by Gasteiger charge is 2.37. The molecule has 1 atom stereocenters. The molecule has 30 heavy (non-hydrogen) atoms. The number of piperazine rings is 1. The number of carbonyl (C=O) groups excluding carboxylic acids is 2. The molecule has 3 aromatic rings. The maximum atomic E-state index is 14.3. The van der Waals surface area contributed by atoms with Crippen molar-refractivity contribution in [2.45, 2.75) is 6.04 Å². The minimum Gasteiger partial charge on any atom is -0.497 e. The predicted molar refractivity (Wildman–Crippen MR) is 112 cm³/mol. The zero-order valence-electron chi connectivity index (χ0n) is 16.1. The third-order valence-electron chi connectivity index (χ3n) is 4.74. The number of nitrogens with zero attached hydrogens (tertiary/aromatic N) is 2. The van der Waals surface area contributed by atoms with E-state index in [1.165, 1.54) is 28.4 Å². The van der Waals surface area contributed by atoms with Gasteiger partial charge in [0.15, 0.2) is 5.13 Å². The zero-order valence-corrected chi connectivity index (χ0v) is 16.9. The molecule has 1 fully saturated rings. The van der Waals surface area contributed by atoms with Gasteiger partial charge in [0.25, 0.3) is 5.91 Å². The molecule has 1 unspecified atom stereocenters. The van der Waals surface area contributed by atoms with E-state index in [-0.39, 0.29) is 17.8 Å². The average Bonchev–Trinajstić information content (AvgIpc) is 3.23. The number of ether oxygens (including phenoxy) is 1. The monoisotopic (exact) mass is 426 g/mol. The summed E-state index contributed by atoms with van der Waals surface area (Å²) >= 11 is 1.27. The largest absolute Gasteiger partial charge is 0.497 e. The number of anilines is 2. The van der Waals surface area contributed by atoms with Gasteiger partial charge in [0.1, 0.15) is 23.3 Å². The summed E-state index contributed by atoms with van der Waals surface area (Å²) in [7, 11) is 1.59. The van der Waals surface area contributed by atoms with Crippen molar-refractivity contribution < 1.29 is 18.7 Å². The Morgan fingerprint density at radius 2 is 2.03 bits per heavy atom. The van der Waals surface area contributed by atoms with Gasteiger partial charge in [-0.25, -0.2) is 9.37 Å². The molecular formula is C21H19FN4O3S. The molecule has 9 heteroatoms. The summed E-state index contributed by atoms with van der Waals surface area (Å²) in [5.41, 5.74) is 1.16. The Morgan fingerprint density at radius 1 is 1.27 bits per heavy atom. The molecular weight excluding hydrogens is 407 g/mol. The van der Waals surface area contributed by atoms with Crippen LogP contribution in [0.3, 0.4) is 0 Å². The molecule has 154 valence electrons. The Kier molecular flexibility index (Phi) is 5.62. The van der Waals surface area contributed by atoms with Crippen LogP contribution in [0, 0.1) is 5.82 Å². The first-order valence-electron chi connectivity index (χ1n) is 9.26. The number of nitrogens with one attached hydrogen (secondary N) is 2. The van der Waals surface area contributed by atoms with Crippen LogP contribution in [0.15, 0.2) is 53.9 Å². The third kappa shape index (κ3) is 3.97. The van der Waals surface area contributed by atoms with Gasteiger partial charge in [-0.1, -0.05) is 18.2 Å². The lowest BCUT2D eigenvalue weighted by atomic mass is 10.0. The maximum absolute atomic E-state index is 14.3. The molecule has 1 aliphatic heterocycles. The lowest BCUT2D eigenvalue weighted by Crippen LogP contribution is -2.52. The second-order valence-corrected chi connectivity index (χ2v) is 7.46. The standard InChI is InChI=1S/C21H19FN4O3S/c1-29-14-8-6-13(7-9-14)24-21-25-17(12-30-21)20(28)26-11-10-23-19(27)18(26)15-4-2-3-5-16(15)22/h2-9,12,18H,10-11H2,1H3,(H,23,27)(H,24,25). The van der Waals surface area contributed by atoms with Gasteiger partial charge in [-0.3, -0.25) is 9.59 Å². The number of amides is 2. The van der Waals surface area contributed by atoms with Crippen molar-refractivity contribution in [1.29, 1.82) is 0 Å². The van der Waals surface area contributed by atoms with Crippen LogP contribution in [-0.4, -0.2) is 41.9 Å². The molecule has 2 amide bonds. The Morgan fingerprint density at radius 3 is 2.77 bits per heavy atom. The van der Waals surface area contributed by atoms with Crippen LogP contribution in [0.25, 0.3) is 0 Å². The summed E-state index contributed by atoms with van der Waals surface area (Å²) in [6.07, 6.45) is 0. The van der Waals surface area contributed by atoms with Crippen LogP contribution in [-0.2, 0) is 4.79 Å².